The maximum absolute atomic E-state index is 13.7. The molecule has 1 N–H and O–H groups in total. The predicted octanol–water partition coefficient (Wildman–Crippen LogP) is 3.64. The highest BCUT2D eigenvalue weighted by molar-refractivity contribution is 9.10. The Morgan fingerprint density at radius 1 is 1.18 bits per heavy atom. The van der Waals surface area contributed by atoms with Crippen LogP contribution in [0.25, 0.3) is 0 Å². The van der Waals surface area contributed by atoms with Gasteiger partial charge >= 0.3 is 11.9 Å². The van der Waals surface area contributed by atoms with Crippen LogP contribution in [0.1, 0.15) is 38.7 Å². The van der Waals surface area contributed by atoms with Gasteiger partial charge in [0.25, 0.3) is 0 Å². The number of rotatable bonds is 6. The third kappa shape index (κ3) is 4.38. The van der Waals surface area contributed by atoms with Crippen molar-refractivity contribution in [3.05, 3.63) is 44.7 Å². The minimum absolute atomic E-state index is 0.180. The third-order valence-electron chi connectivity index (χ3n) is 6.03. The monoisotopic (exact) mass is 521 g/mol. The minimum Gasteiger partial charge on any atom is -0.493 e. The SMILES string of the molecule is CCOC(=O)C1=C(C)NC2=C(C(=O)[C@@H](C(=O)OC)[C@H](C)C2)[C@@H]1c1cc(Br)c(OC)c(OC)c1. The maximum Gasteiger partial charge on any atom is 0.336 e. The molecule has 0 unspecified atom stereocenters. The molecule has 1 aromatic carbocycles. The molecule has 1 aliphatic carbocycles. The molecule has 0 aromatic heterocycles. The second kappa shape index (κ2) is 9.99. The summed E-state index contributed by atoms with van der Waals surface area (Å²) in [5.74, 6) is -2.55. The van der Waals surface area contributed by atoms with Gasteiger partial charge in [0.1, 0.15) is 5.92 Å². The van der Waals surface area contributed by atoms with Crippen LogP contribution in [0.3, 0.4) is 0 Å². The smallest absolute Gasteiger partial charge is 0.336 e. The highest BCUT2D eigenvalue weighted by atomic mass is 79.9. The highest BCUT2D eigenvalue weighted by Gasteiger charge is 2.47. The van der Waals surface area contributed by atoms with Crippen molar-refractivity contribution in [1.29, 1.82) is 0 Å². The minimum atomic E-state index is -0.955. The van der Waals surface area contributed by atoms with Gasteiger partial charge < -0.3 is 24.3 Å². The summed E-state index contributed by atoms with van der Waals surface area (Å²) in [6.07, 6.45) is 0.458. The number of hydrogen-bond donors (Lipinski definition) is 1. The average molecular weight is 522 g/mol. The molecule has 33 heavy (non-hydrogen) atoms. The van der Waals surface area contributed by atoms with Crippen molar-refractivity contribution in [2.75, 3.05) is 27.9 Å². The Balaban J connectivity index is 2.27. The van der Waals surface area contributed by atoms with Crippen molar-refractivity contribution in [3.63, 3.8) is 0 Å². The van der Waals surface area contributed by atoms with Crippen LogP contribution in [0.4, 0.5) is 0 Å². The fourth-order valence-electron chi connectivity index (χ4n) is 4.60. The van der Waals surface area contributed by atoms with Gasteiger partial charge in [0.15, 0.2) is 17.3 Å². The molecule has 0 amide bonds. The van der Waals surface area contributed by atoms with Crippen LogP contribution in [0.2, 0.25) is 0 Å². The van der Waals surface area contributed by atoms with Crippen molar-refractivity contribution in [2.45, 2.75) is 33.1 Å². The number of ketones is 1. The number of allylic oxidation sites excluding steroid dienone is 3. The summed E-state index contributed by atoms with van der Waals surface area (Å²) < 4.78 is 21.8. The molecule has 3 atom stereocenters. The summed E-state index contributed by atoms with van der Waals surface area (Å²) in [4.78, 5) is 39.3. The van der Waals surface area contributed by atoms with Crippen LogP contribution in [0, 0.1) is 11.8 Å². The van der Waals surface area contributed by atoms with Crippen molar-refractivity contribution in [1.82, 2.24) is 5.32 Å². The Morgan fingerprint density at radius 3 is 2.45 bits per heavy atom. The summed E-state index contributed by atoms with van der Waals surface area (Å²) >= 11 is 3.50. The van der Waals surface area contributed by atoms with Crippen LogP contribution in [-0.4, -0.2) is 45.7 Å². The van der Waals surface area contributed by atoms with Gasteiger partial charge in [-0.1, -0.05) is 6.92 Å². The zero-order valence-electron chi connectivity index (χ0n) is 19.5. The van der Waals surface area contributed by atoms with Gasteiger partial charge in [-0.3, -0.25) is 9.59 Å². The van der Waals surface area contributed by atoms with Crippen molar-refractivity contribution in [2.24, 2.45) is 11.8 Å². The van der Waals surface area contributed by atoms with E-state index in [1.165, 1.54) is 21.3 Å². The molecule has 0 saturated carbocycles. The number of dihydropyridines is 1. The molecule has 0 spiro atoms. The first-order valence-electron chi connectivity index (χ1n) is 10.6. The van der Waals surface area contributed by atoms with E-state index in [1.54, 1.807) is 26.0 Å². The summed E-state index contributed by atoms with van der Waals surface area (Å²) in [5.41, 5.74) is 2.58. The summed E-state index contributed by atoms with van der Waals surface area (Å²) in [6, 6.07) is 3.52. The normalized spacial score (nSPS) is 22.4. The quantitative estimate of drug-likeness (QED) is 0.447. The van der Waals surface area contributed by atoms with E-state index in [0.29, 0.717) is 50.5 Å². The fourth-order valence-corrected chi connectivity index (χ4v) is 5.22. The molecule has 1 heterocycles. The third-order valence-corrected chi connectivity index (χ3v) is 6.62. The molecule has 178 valence electrons. The summed E-state index contributed by atoms with van der Waals surface area (Å²) in [6.45, 7) is 5.52. The molecule has 1 aliphatic heterocycles. The number of Topliss-reactive ketones (excluding diaryl/α,β-unsaturated/α-hetero) is 1. The van der Waals surface area contributed by atoms with Crippen LogP contribution in [-0.2, 0) is 23.9 Å². The van der Waals surface area contributed by atoms with Crippen LogP contribution in [0.15, 0.2) is 39.1 Å². The lowest BCUT2D eigenvalue weighted by Crippen LogP contribution is -2.43. The van der Waals surface area contributed by atoms with Gasteiger partial charge in [-0.25, -0.2) is 4.79 Å². The number of benzene rings is 1. The topological polar surface area (TPSA) is 100 Å². The number of hydrogen-bond acceptors (Lipinski definition) is 8. The predicted molar refractivity (Wildman–Crippen MR) is 124 cm³/mol. The summed E-state index contributed by atoms with van der Waals surface area (Å²) in [5, 5.41) is 3.23. The summed E-state index contributed by atoms with van der Waals surface area (Å²) in [7, 11) is 4.30. The van der Waals surface area contributed by atoms with E-state index in [9.17, 15) is 14.4 Å². The van der Waals surface area contributed by atoms with E-state index in [1.807, 2.05) is 6.92 Å². The van der Waals surface area contributed by atoms with E-state index >= 15 is 0 Å². The van der Waals surface area contributed by atoms with E-state index < -0.39 is 23.8 Å². The molecule has 0 saturated heterocycles. The number of esters is 2. The number of methoxy groups -OCH3 is 3. The van der Waals surface area contributed by atoms with Gasteiger partial charge in [0, 0.05) is 22.9 Å². The van der Waals surface area contributed by atoms with E-state index in [-0.39, 0.29) is 18.3 Å². The van der Waals surface area contributed by atoms with Crippen LogP contribution >= 0.6 is 15.9 Å². The van der Waals surface area contributed by atoms with E-state index in [2.05, 4.69) is 21.2 Å². The Morgan fingerprint density at radius 2 is 1.88 bits per heavy atom. The zero-order chi connectivity index (χ0) is 24.4. The zero-order valence-corrected chi connectivity index (χ0v) is 21.1. The van der Waals surface area contributed by atoms with Gasteiger partial charge in [0.2, 0.25) is 0 Å². The lowest BCUT2D eigenvalue weighted by Gasteiger charge is -2.38. The molecule has 1 aromatic rings. The van der Waals surface area contributed by atoms with Gasteiger partial charge in [-0.2, -0.15) is 0 Å². The van der Waals surface area contributed by atoms with Crippen molar-refractivity contribution >= 4 is 33.7 Å². The Kier molecular flexibility index (Phi) is 7.51. The first-order valence-corrected chi connectivity index (χ1v) is 11.4. The largest absolute Gasteiger partial charge is 0.493 e. The number of carbonyl (C=O) groups is 3. The van der Waals surface area contributed by atoms with Gasteiger partial charge in [0.05, 0.1) is 38.0 Å². The average Bonchev–Trinajstić information content (AvgIpc) is 2.77. The number of nitrogens with one attached hydrogen (secondary N) is 1. The van der Waals surface area contributed by atoms with Crippen molar-refractivity contribution < 1.29 is 33.3 Å². The molecular weight excluding hydrogens is 494 g/mol. The Bertz CT molecular complexity index is 1060. The first-order chi connectivity index (χ1) is 15.7. The standard InChI is InChI=1S/C24H28BrNO7/c1-7-33-24(29)18-12(3)26-15-8-11(2)17(23(28)32-6)21(27)20(15)19(18)13-9-14(25)22(31-5)16(10-13)30-4/h9-11,17,19,26H,7-8H2,1-6H3/t11-,17+,19-/m1/s1. The van der Waals surface area contributed by atoms with E-state index in [4.69, 9.17) is 18.9 Å². The highest BCUT2D eigenvalue weighted by Crippen LogP contribution is 2.48. The number of halogens is 1. The molecule has 9 heteroatoms. The van der Waals surface area contributed by atoms with Crippen LogP contribution < -0.4 is 14.8 Å². The maximum atomic E-state index is 13.7. The number of ether oxygens (including phenoxy) is 4. The molecule has 3 rings (SSSR count). The molecule has 8 nitrogen and oxygen atoms in total. The Labute approximate surface area is 201 Å². The lowest BCUT2D eigenvalue weighted by molar-refractivity contribution is -0.151. The second-order valence-corrected chi connectivity index (χ2v) is 8.85. The molecule has 0 bridgehead atoms. The van der Waals surface area contributed by atoms with Crippen molar-refractivity contribution in [3.8, 4) is 11.5 Å². The fraction of sp³-hybridized carbons (Fsp3) is 0.458. The van der Waals surface area contributed by atoms with Gasteiger partial charge in [-0.05, 0) is 59.8 Å². The molecule has 0 fully saturated rings. The lowest BCUT2D eigenvalue weighted by atomic mass is 9.69. The molecular formula is C24H28BrNO7. The Hall–Kier alpha value is -2.81. The number of carbonyl (C=O) groups excluding carboxylic acids is 3. The molecule has 0 radical (unpaired) electrons. The van der Waals surface area contributed by atoms with Crippen LogP contribution in [0.5, 0.6) is 11.5 Å². The molecule has 2 aliphatic rings. The second-order valence-electron chi connectivity index (χ2n) is 7.99. The van der Waals surface area contributed by atoms with E-state index in [0.717, 1.165) is 0 Å². The van der Waals surface area contributed by atoms with Gasteiger partial charge in [-0.15, -0.1) is 0 Å². The first kappa shape index (κ1) is 24.8.